The molecule has 0 aliphatic heterocycles. The third-order valence-corrected chi connectivity index (χ3v) is 1.05. The van der Waals surface area contributed by atoms with Gasteiger partial charge in [0.25, 0.3) is 0 Å². The van der Waals surface area contributed by atoms with E-state index >= 15 is 0 Å². The van der Waals surface area contributed by atoms with Crippen LogP contribution in [0.3, 0.4) is 0 Å². The Morgan fingerprint density at radius 2 is 1.55 bits per heavy atom. The van der Waals surface area contributed by atoms with Crippen LogP contribution in [-0.4, -0.2) is 12.4 Å². The Balaban J connectivity index is 2.81. The van der Waals surface area contributed by atoms with Crippen molar-refractivity contribution in [3.05, 3.63) is 23.7 Å². The highest BCUT2D eigenvalue weighted by Crippen LogP contribution is 2.01. The highest BCUT2D eigenvalue weighted by molar-refractivity contribution is 5.80. The average molecular weight is 152 g/mol. The van der Waals surface area contributed by atoms with Gasteiger partial charge in [0.1, 0.15) is 11.5 Å². The standard InChI is InChI=1S/C6H8N4O/c7-9-3-5-1-2-6(11-5)4-10-8/h1-4H,7-8H2. The van der Waals surface area contributed by atoms with Gasteiger partial charge in [-0.3, -0.25) is 0 Å². The van der Waals surface area contributed by atoms with Crippen molar-refractivity contribution in [2.24, 2.45) is 21.9 Å². The third-order valence-electron chi connectivity index (χ3n) is 1.05. The van der Waals surface area contributed by atoms with Crippen LogP contribution in [0.25, 0.3) is 0 Å². The van der Waals surface area contributed by atoms with Gasteiger partial charge >= 0.3 is 0 Å². The van der Waals surface area contributed by atoms with Crippen molar-refractivity contribution in [1.29, 1.82) is 0 Å². The molecule has 0 bridgehead atoms. The fourth-order valence-corrected chi connectivity index (χ4v) is 0.654. The van der Waals surface area contributed by atoms with Crippen LogP contribution in [0.2, 0.25) is 0 Å². The predicted octanol–water partition coefficient (Wildman–Crippen LogP) is -0.135. The molecular weight excluding hydrogens is 144 g/mol. The molecule has 1 aromatic heterocycles. The third kappa shape index (κ3) is 1.82. The van der Waals surface area contributed by atoms with E-state index in [0.717, 1.165) is 0 Å². The van der Waals surface area contributed by atoms with E-state index < -0.39 is 0 Å². The zero-order valence-electron chi connectivity index (χ0n) is 5.77. The van der Waals surface area contributed by atoms with Crippen molar-refractivity contribution in [1.82, 2.24) is 0 Å². The number of hydrazone groups is 2. The summed E-state index contributed by atoms with van der Waals surface area (Å²) >= 11 is 0. The van der Waals surface area contributed by atoms with E-state index in [-0.39, 0.29) is 0 Å². The van der Waals surface area contributed by atoms with E-state index in [1.807, 2.05) is 0 Å². The maximum absolute atomic E-state index is 5.11. The molecule has 1 aromatic rings. The minimum Gasteiger partial charge on any atom is -0.454 e. The molecule has 0 spiro atoms. The second-order valence-electron chi connectivity index (χ2n) is 1.80. The van der Waals surface area contributed by atoms with Crippen LogP contribution in [0, 0.1) is 0 Å². The van der Waals surface area contributed by atoms with Crippen LogP contribution in [0.1, 0.15) is 11.5 Å². The van der Waals surface area contributed by atoms with Crippen molar-refractivity contribution in [2.75, 3.05) is 0 Å². The van der Waals surface area contributed by atoms with Crippen LogP contribution in [-0.2, 0) is 0 Å². The number of hydrogen-bond acceptors (Lipinski definition) is 5. The van der Waals surface area contributed by atoms with Gasteiger partial charge in [0.05, 0.1) is 12.4 Å². The Morgan fingerprint density at radius 3 is 1.91 bits per heavy atom. The lowest BCUT2D eigenvalue weighted by Crippen LogP contribution is -1.84. The molecule has 0 saturated heterocycles. The van der Waals surface area contributed by atoms with Gasteiger partial charge in [-0.15, -0.1) is 0 Å². The lowest BCUT2D eigenvalue weighted by atomic mass is 10.4. The van der Waals surface area contributed by atoms with Crippen LogP contribution in [0.5, 0.6) is 0 Å². The number of rotatable bonds is 2. The highest BCUT2D eigenvalue weighted by atomic mass is 16.3. The van der Waals surface area contributed by atoms with Crippen molar-refractivity contribution in [3.63, 3.8) is 0 Å². The molecule has 0 amide bonds. The van der Waals surface area contributed by atoms with Crippen molar-refractivity contribution >= 4 is 12.4 Å². The first-order chi connectivity index (χ1) is 5.36. The second-order valence-corrected chi connectivity index (χ2v) is 1.80. The van der Waals surface area contributed by atoms with Gasteiger partial charge in [0.15, 0.2) is 0 Å². The Hall–Kier alpha value is -1.78. The maximum Gasteiger partial charge on any atom is 0.147 e. The summed E-state index contributed by atoms with van der Waals surface area (Å²) < 4.78 is 5.11. The molecule has 1 rings (SSSR count). The van der Waals surface area contributed by atoms with Gasteiger partial charge in [-0.1, -0.05) is 0 Å². The van der Waals surface area contributed by atoms with Gasteiger partial charge in [-0.25, -0.2) is 0 Å². The van der Waals surface area contributed by atoms with Crippen LogP contribution >= 0.6 is 0 Å². The molecule has 0 aliphatic rings. The summed E-state index contributed by atoms with van der Waals surface area (Å²) in [5, 5.41) is 6.57. The fraction of sp³-hybridized carbons (Fsp3) is 0. The van der Waals surface area contributed by atoms with E-state index in [9.17, 15) is 0 Å². The summed E-state index contributed by atoms with van der Waals surface area (Å²) in [5.41, 5.74) is 0. The molecule has 58 valence electrons. The van der Waals surface area contributed by atoms with Gasteiger partial charge in [-0.2, -0.15) is 10.2 Å². The minimum absolute atomic E-state index is 0.572. The topological polar surface area (TPSA) is 89.9 Å². The molecule has 0 saturated carbocycles. The first-order valence-corrected chi connectivity index (χ1v) is 2.93. The SMILES string of the molecule is NN=Cc1ccc(C=NN)o1. The summed E-state index contributed by atoms with van der Waals surface area (Å²) in [5.74, 6) is 10.9. The number of hydrogen-bond donors (Lipinski definition) is 2. The Kier molecular flexibility index (Phi) is 2.27. The molecule has 1 heterocycles. The van der Waals surface area contributed by atoms with Crippen molar-refractivity contribution < 1.29 is 4.42 Å². The van der Waals surface area contributed by atoms with E-state index in [1.54, 1.807) is 12.1 Å². The summed E-state index contributed by atoms with van der Waals surface area (Å²) in [6.45, 7) is 0. The predicted molar refractivity (Wildman–Crippen MR) is 42.3 cm³/mol. The van der Waals surface area contributed by atoms with Gasteiger partial charge in [-0.05, 0) is 12.1 Å². The Labute approximate surface area is 63.4 Å². The molecule has 0 radical (unpaired) electrons. The van der Waals surface area contributed by atoms with Gasteiger partial charge in [0, 0.05) is 0 Å². The molecule has 0 unspecified atom stereocenters. The fourth-order valence-electron chi connectivity index (χ4n) is 0.654. The Morgan fingerprint density at radius 1 is 1.09 bits per heavy atom. The molecular formula is C6H8N4O. The van der Waals surface area contributed by atoms with Crippen molar-refractivity contribution in [3.8, 4) is 0 Å². The molecule has 5 heteroatoms. The normalized spacial score (nSPS) is 11.6. The monoisotopic (exact) mass is 152 g/mol. The smallest absolute Gasteiger partial charge is 0.147 e. The second kappa shape index (κ2) is 3.40. The lowest BCUT2D eigenvalue weighted by molar-refractivity contribution is 0.553. The molecule has 11 heavy (non-hydrogen) atoms. The summed E-state index contributed by atoms with van der Waals surface area (Å²) in [4.78, 5) is 0. The lowest BCUT2D eigenvalue weighted by Gasteiger charge is -1.81. The quantitative estimate of drug-likeness (QED) is 0.351. The number of nitrogens with two attached hydrogens (primary N) is 2. The Bertz CT molecular complexity index is 249. The molecule has 5 nitrogen and oxygen atoms in total. The van der Waals surface area contributed by atoms with Gasteiger partial charge in [0.2, 0.25) is 0 Å². The molecule has 0 aliphatic carbocycles. The van der Waals surface area contributed by atoms with E-state index in [2.05, 4.69) is 10.2 Å². The molecule has 4 N–H and O–H groups in total. The number of nitrogens with zero attached hydrogens (tertiary/aromatic N) is 2. The van der Waals surface area contributed by atoms with E-state index in [1.165, 1.54) is 12.4 Å². The largest absolute Gasteiger partial charge is 0.454 e. The van der Waals surface area contributed by atoms with Crippen LogP contribution < -0.4 is 11.7 Å². The summed E-state index contributed by atoms with van der Waals surface area (Å²) in [7, 11) is 0. The first-order valence-electron chi connectivity index (χ1n) is 2.93. The van der Waals surface area contributed by atoms with Crippen LogP contribution in [0.15, 0.2) is 26.8 Å². The first kappa shape index (κ1) is 7.33. The summed E-state index contributed by atoms with van der Waals surface area (Å²) in [6, 6.07) is 3.43. The molecule has 0 fully saturated rings. The zero-order valence-corrected chi connectivity index (χ0v) is 5.77. The van der Waals surface area contributed by atoms with Gasteiger partial charge < -0.3 is 16.1 Å². The maximum atomic E-state index is 5.11. The number of furan rings is 1. The zero-order chi connectivity index (χ0) is 8.10. The molecule has 0 aromatic carbocycles. The summed E-state index contributed by atoms with van der Waals surface area (Å²) in [6.07, 6.45) is 2.79. The van der Waals surface area contributed by atoms with E-state index in [0.29, 0.717) is 11.5 Å². The van der Waals surface area contributed by atoms with Crippen LogP contribution in [0.4, 0.5) is 0 Å². The molecule has 0 atom stereocenters. The average Bonchev–Trinajstić information content (AvgIpc) is 2.38. The van der Waals surface area contributed by atoms with E-state index in [4.69, 9.17) is 16.1 Å². The highest BCUT2D eigenvalue weighted by Gasteiger charge is 1.94. The van der Waals surface area contributed by atoms with Crippen molar-refractivity contribution in [2.45, 2.75) is 0 Å². The minimum atomic E-state index is 0.572.